The van der Waals surface area contributed by atoms with Crippen molar-refractivity contribution in [2.24, 2.45) is 11.8 Å². The Morgan fingerprint density at radius 1 is 1.14 bits per heavy atom. The van der Waals surface area contributed by atoms with Gasteiger partial charge < -0.3 is 5.11 Å². The average molecular weight is 391 g/mol. The monoisotopic (exact) mass is 391 g/mol. The Morgan fingerprint density at radius 3 is 2.57 bits per heavy atom. The highest BCUT2D eigenvalue weighted by atomic mass is 19.4. The minimum Gasteiger partial charge on any atom is -0.383 e. The number of hydrogen-bond donors (Lipinski definition) is 1. The zero-order valence-electron chi connectivity index (χ0n) is 15.6. The van der Waals surface area contributed by atoms with E-state index in [4.69, 9.17) is 0 Å². The van der Waals surface area contributed by atoms with Crippen LogP contribution in [0.4, 0.5) is 13.2 Å². The summed E-state index contributed by atoms with van der Waals surface area (Å²) in [7, 11) is 0. The summed E-state index contributed by atoms with van der Waals surface area (Å²) in [6.07, 6.45) is 6.68. The molecule has 1 aromatic carbocycles. The molecule has 0 amide bonds. The first kappa shape index (κ1) is 19.2. The van der Waals surface area contributed by atoms with Crippen LogP contribution in [0.1, 0.15) is 49.7 Å². The third-order valence-corrected chi connectivity index (χ3v) is 6.31. The lowest BCUT2D eigenvalue weighted by Gasteiger charge is -2.48. The summed E-state index contributed by atoms with van der Waals surface area (Å²) in [5, 5.41) is 16.0. The van der Waals surface area contributed by atoms with Gasteiger partial charge in [-0.3, -0.25) is 0 Å². The first-order chi connectivity index (χ1) is 13.4. The Kier molecular flexibility index (Phi) is 5.04. The van der Waals surface area contributed by atoms with Gasteiger partial charge in [0.1, 0.15) is 18.3 Å². The van der Waals surface area contributed by atoms with Gasteiger partial charge in [-0.15, -0.1) is 0 Å². The second kappa shape index (κ2) is 7.35. The number of rotatable bonds is 3. The molecule has 2 saturated carbocycles. The van der Waals surface area contributed by atoms with Crippen LogP contribution in [-0.4, -0.2) is 25.5 Å². The minimum atomic E-state index is -4.35. The number of aromatic nitrogens is 3. The van der Waals surface area contributed by atoms with E-state index >= 15 is 0 Å². The summed E-state index contributed by atoms with van der Waals surface area (Å²) in [4.78, 5) is 3.98. The van der Waals surface area contributed by atoms with Crippen LogP contribution >= 0.6 is 0 Å². The first-order valence-electron chi connectivity index (χ1n) is 9.79. The fraction of sp³-hybridized carbons (Fsp3) is 0.524. The van der Waals surface area contributed by atoms with Crippen molar-refractivity contribution in [1.82, 2.24) is 14.8 Å². The van der Waals surface area contributed by atoms with Crippen LogP contribution in [-0.2, 0) is 12.7 Å². The molecule has 1 heterocycles. The summed E-state index contributed by atoms with van der Waals surface area (Å²) in [5.41, 5.74) is -0.164. The van der Waals surface area contributed by atoms with Gasteiger partial charge >= 0.3 is 6.18 Å². The molecule has 0 saturated heterocycles. The van der Waals surface area contributed by atoms with Gasteiger partial charge in [0.15, 0.2) is 0 Å². The number of aliphatic hydroxyl groups is 1. The van der Waals surface area contributed by atoms with E-state index in [-0.39, 0.29) is 5.92 Å². The number of alkyl halides is 3. The van der Waals surface area contributed by atoms with Crippen LogP contribution in [0.5, 0.6) is 0 Å². The lowest BCUT2D eigenvalue weighted by atomic mass is 9.61. The molecule has 3 unspecified atom stereocenters. The van der Waals surface area contributed by atoms with E-state index in [1.165, 1.54) is 24.9 Å². The van der Waals surface area contributed by atoms with E-state index < -0.39 is 17.3 Å². The molecule has 2 aliphatic rings. The molecule has 150 valence electrons. The van der Waals surface area contributed by atoms with Crippen LogP contribution in [0.15, 0.2) is 42.5 Å². The Labute approximate surface area is 162 Å². The molecule has 0 bridgehead atoms. The second-order valence-corrected chi connectivity index (χ2v) is 8.00. The second-order valence-electron chi connectivity index (χ2n) is 8.00. The molecule has 4 nitrogen and oxygen atoms in total. The normalized spacial score (nSPS) is 29.6. The van der Waals surface area contributed by atoms with Crippen molar-refractivity contribution < 1.29 is 18.3 Å². The maximum atomic E-state index is 12.8. The summed E-state index contributed by atoms with van der Waals surface area (Å²) >= 11 is 0. The smallest absolute Gasteiger partial charge is 0.383 e. The number of halogens is 3. The SMILES string of the molecule is OC1(Cn2cncn2)C(=Cc2ccc(C(F)(F)F)cc2)CCC2CCCCC21. The maximum absolute atomic E-state index is 12.8. The fourth-order valence-electron chi connectivity index (χ4n) is 4.92. The molecular weight excluding hydrogens is 367 g/mol. The van der Waals surface area contributed by atoms with Crippen LogP contribution in [0.3, 0.4) is 0 Å². The largest absolute Gasteiger partial charge is 0.416 e. The van der Waals surface area contributed by atoms with Crippen molar-refractivity contribution in [3.63, 3.8) is 0 Å². The molecule has 0 radical (unpaired) electrons. The lowest BCUT2D eigenvalue weighted by molar-refractivity contribution is -0.137. The fourth-order valence-corrected chi connectivity index (χ4v) is 4.92. The predicted octanol–water partition coefficient (Wildman–Crippen LogP) is 4.71. The molecule has 1 aromatic heterocycles. The van der Waals surface area contributed by atoms with E-state index in [0.717, 1.165) is 49.8 Å². The molecule has 0 spiro atoms. The number of fused-ring (bicyclic) bond motifs is 1. The predicted molar refractivity (Wildman–Crippen MR) is 99.1 cm³/mol. The minimum absolute atomic E-state index is 0.139. The molecular formula is C21H24F3N3O. The van der Waals surface area contributed by atoms with Gasteiger partial charge in [0.25, 0.3) is 0 Å². The lowest BCUT2D eigenvalue weighted by Crippen LogP contribution is -2.51. The van der Waals surface area contributed by atoms with Gasteiger partial charge in [-0.1, -0.05) is 37.5 Å². The van der Waals surface area contributed by atoms with E-state index in [0.29, 0.717) is 18.0 Å². The van der Waals surface area contributed by atoms with Gasteiger partial charge in [0, 0.05) is 0 Å². The van der Waals surface area contributed by atoms with Crippen molar-refractivity contribution in [3.05, 3.63) is 53.6 Å². The number of hydrogen-bond acceptors (Lipinski definition) is 3. The molecule has 2 fully saturated rings. The molecule has 7 heteroatoms. The van der Waals surface area contributed by atoms with Crippen molar-refractivity contribution in [2.75, 3.05) is 0 Å². The Bertz CT molecular complexity index is 830. The first-order valence-corrected chi connectivity index (χ1v) is 9.79. The number of benzene rings is 1. The van der Waals surface area contributed by atoms with Crippen molar-refractivity contribution in [1.29, 1.82) is 0 Å². The number of nitrogens with zero attached hydrogens (tertiary/aromatic N) is 3. The molecule has 2 aliphatic carbocycles. The van der Waals surface area contributed by atoms with Crippen LogP contribution in [0.25, 0.3) is 6.08 Å². The molecule has 28 heavy (non-hydrogen) atoms. The summed E-state index contributed by atoms with van der Waals surface area (Å²) < 4.78 is 40.1. The van der Waals surface area contributed by atoms with Gasteiger partial charge in [-0.05, 0) is 54.4 Å². The Balaban J connectivity index is 1.67. The van der Waals surface area contributed by atoms with Gasteiger partial charge in [0.2, 0.25) is 0 Å². The van der Waals surface area contributed by atoms with Crippen LogP contribution < -0.4 is 0 Å². The van der Waals surface area contributed by atoms with Crippen molar-refractivity contribution in [2.45, 2.75) is 56.8 Å². The van der Waals surface area contributed by atoms with E-state index in [1.807, 2.05) is 6.08 Å². The van der Waals surface area contributed by atoms with Crippen LogP contribution in [0, 0.1) is 11.8 Å². The van der Waals surface area contributed by atoms with E-state index in [1.54, 1.807) is 11.0 Å². The molecule has 2 aromatic rings. The van der Waals surface area contributed by atoms with Crippen LogP contribution in [0.2, 0.25) is 0 Å². The zero-order chi connectivity index (χ0) is 19.8. The summed E-state index contributed by atoms with van der Waals surface area (Å²) in [6.45, 7) is 0.320. The van der Waals surface area contributed by atoms with Gasteiger partial charge in [-0.2, -0.15) is 18.3 Å². The average Bonchev–Trinajstić information content (AvgIpc) is 3.17. The van der Waals surface area contributed by atoms with Crippen molar-refractivity contribution >= 4 is 6.08 Å². The standard InChI is InChI=1S/C21H24F3N3O/c22-21(23,24)17-8-5-15(6-9-17)11-18-10-7-16-3-1-2-4-19(16)20(18,28)12-27-14-25-13-26-27/h5-6,8-9,11,13-14,16,19,28H,1-4,7,10,12H2. The quantitative estimate of drug-likeness (QED) is 0.824. The highest BCUT2D eigenvalue weighted by molar-refractivity contribution is 5.56. The van der Waals surface area contributed by atoms with Gasteiger partial charge in [-0.25, -0.2) is 9.67 Å². The van der Waals surface area contributed by atoms with Gasteiger partial charge in [0.05, 0.1) is 12.1 Å². The van der Waals surface area contributed by atoms with E-state index in [2.05, 4.69) is 10.1 Å². The summed E-state index contributed by atoms with van der Waals surface area (Å²) in [5.74, 6) is 0.618. The zero-order valence-corrected chi connectivity index (χ0v) is 15.6. The highest BCUT2D eigenvalue weighted by Gasteiger charge is 2.48. The Morgan fingerprint density at radius 2 is 1.89 bits per heavy atom. The van der Waals surface area contributed by atoms with Crippen molar-refractivity contribution in [3.8, 4) is 0 Å². The van der Waals surface area contributed by atoms with E-state index in [9.17, 15) is 18.3 Å². The molecule has 1 N–H and O–H groups in total. The maximum Gasteiger partial charge on any atom is 0.416 e. The third-order valence-electron chi connectivity index (χ3n) is 6.31. The Hall–Kier alpha value is -2.15. The third kappa shape index (κ3) is 3.72. The topological polar surface area (TPSA) is 50.9 Å². The molecule has 0 aliphatic heterocycles. The summed E-state index contributed by atoms with van der Waals surface area (Å²) in [6, 6.07) is 5.13. The molecule has 4 rings (SSSR count). The molecule has 3 atom stereocenters. The highest BCUT2D eigenvalue weighted by Crippen LogP contribution is 2.49.